The number of hydrogen-bond acceptors (Lipinski definition) is 5. The number of aromatic hydroxyl groups is 1. The van der Waals surface area contributed by atoms with Gasteiger partial charge < -0.3 is 14.9 Å². The summed E-state index contributed by atoms with van der Waals surface area (Å²) in [5.41, 5.74) is 1.16. The molecule has 1 aromatic carbocycles. The predicted octanol–water partition coefficient (Wildman–Crippen LogP) is 3.98. The summed E-state index contributed by atoms with van der Waals surface area (Å²) in [4.78, 5) is 10.1. The van der Waals surface area contributed by atoms with Gasteiger partial charge in [-0.25, -0.2) is 4.98 Å². The third kappa shape index (κ3) is 4.24. The molecule has 4 nitrogen and oxygen atoms in total. The van der Waals surface area contributed by atoms with Crippen LogP contribution in [0.3, 0.4) is 0 Å². The molecule has 0 saturated carbocycles. The number of benzene rings is 1. The van der Waals surface area contributed by atoms with Crippen molar-refractivity contribution in [2.24, 2.45) is 0 Å². The van der Waals surface area contributed by atoms with Gasteiger partial charge in [-0.15, -0.1) is 11.8 Å². The number of halogens is 1. The Balaban J connectivity index is 1.50. The summed E-state index contributed by atoms with van der Waals surface area (Å²) in [7, 11) is 0. The van der Waals surface area contributed by atoms with Gasteiger partial charge in [-0.3, -0.25) is 0 Å². The van der Waals surface area contributed by atoms with E-state index in [1.54, 1.807) is 17.8 Å². The molecule has 0 unspecified atom stereocenters. The van der Waals surface area contributed by atoms with Crippen molar-refractivity contribution in [1.29, 1.82) is 0 Å². The zero-order valence-corrected chi connectivity index (χ0v) is 15.8. The first-order chi connectivity index (χ1) is 11.6. The van der Waals surface area contributed by atoms with Crippen molar-refractivity contribution in [3.05, 3.63) is 59.3 Å². The van der Waals surface area contributed by atoms with Gasteiger partial charge in [-0.05, 0) is 40.2 Å². The van der Waals surface area contributed by atoms with E-state index in [2.05, 4.69) is 55.5 Å². The number of pyridine rings is 1. The number of anilines is 1. The molecule has 2 aromatic rings. The first kappa shape index (κ1) is 17.2. The molecule has 1 aliphatic heterocycles. The molecule has 1 saturated heterocycles. The van der Waals surface area contributed by atoms with Crippen LogP contribution in [0.5, 0.6) is 5.75 Å². The van der Waals surface area contributed by atoms with E-state index in [0.29, 0.717) is 0 Å². The monoisotopic (exact) mass is 405 g/mol. The van der Waals surface area contributed by atoms with E-state index in [1.807, 2.05) is 12.1 Å². The molecule has 1 fully saturated rings. The van der Waals surface area contributed by atoms with Crippen molar-refractivity contribution in [1.82, 2.24) is 9.88 Å². The van der Waals surface area contributed by atoms with E-state index in [0.717, 1.165) is 47.9 Å². The molecule has 0 spiro atoms. The molecule has 126 valence electrons. The Morgan fingerprint density at radius 2 is 1.92 bits per heavy atom. The fourth-order valence-corrected chi connectivity index (χ4v) is 4.14. The van der Waals surface area contributed by atoms with E-state index in [4.69, 9.17) is 0 Å². The van der Waals surface area contributed by atoms with Crippen molar-refractivity contribution in [2.45, 2.75) is 4.90 Å². The minimum atomic E-state index is 0.204. The van der Waals surface area contributed by atoms with Crippen LogP contribution in [-0.4, -0.2) is 46.9 Å². The maximum absolute atomic E-state index is 9.34. The Kier molecular flexibility index (Phi) is 5.68. The number of hydrogen-bond donors (Lipinski definition) is 1. The largest absolute Gasteiger partial charge is 0.506 e. The molecular formula is C18H20BrN3OS. The van der Waals surface area contributed by atoms with Crippen LogP contribution in [-0.2, 0) is 0 Å². The van der Waals surface area contributed by atoms with Gasteiger partial charge in [0, 0.05) is 47.0 Å². The maximum atomic E-state index is 9.34. The first-order valence-corrected chi connectivity index (χ1v) is 9.61. The van der Waals surface area contributed by atoms with Gasteiger partial charge in [-0.1, -0.05) is 18.7 Å². The summed E-state index contributed by atoms with van der Waals surface area (Å²) in [5.74, 6) is 2.01. The summed E-state index contributed by atoms with van der Waals surface area (Å²) in [6, 6.07) is 11.8. The van der Waals surface area contributed by atoms with Crippen molar-refractivity contribution in [3.63, 3.8) is 0 Å². The van der Waals surface area contributed by atoms with E-state index < -0.39 is 0 Å². The Hall–Kier alpha value is -1.66. The lowest BCUT2D eigenvalue weighted by Gasteiger charge is -2.37. The van der Waals surface area contributed by atoms with Crippen LogP contribution >= 0.6 is 27.7 Å². The van der Waals surface area contributed by atoms with Crippen LogP contribution in [0.15, 0.2) is 64.2 Å². The molecule has 0 bridgehead atoms. The highest BCUT2D eigenvalue weighted by Crippen LogP contribution is 2.29. The average Bonchev–Trinajstić information content (AvgIpc) is 2.62. The molecule has 2 heterocycles. The zero-order valence-electron chi connectivity index (χ0n) is 13.4. The molecular weight excluding hydrogens is 386 g/mol. The second-order valence-electron chi connectivity index (χ2n) is 5.63. The highest BCUT2D eigenvalue weighted by molar-refractivity contribution is 9.10. The van der Waals surface area contributed by atoms with Crippen molar-refractivity contribution in [3.8, 4) is 5.75 Å². The standard InChI is InChI=1S/C18H20BrN3OS/c1-14(13-24-17-5-3-2-4-16(17)19)21-8-10-22(11-9-21)18-7-6-15(23)12-20-18/h2-7,12,23H,1,8-11,13H2. The van der Waals surface area contributed by atoms with E-state index >= 15 is 0 Å². The summed E-state index contributed by atoms with van der Waals surface area (Å²) in [6.07, 6.45) is 1.50. The molecule has 0 amide bonds. The van der Waals surface area contributed by atoms with E-state index in [1.165, 1.54) is 11.1 Å². The number of piperazine rings is 1. The highest BCUT2D eigenvalue weighted by atomic mass is 79.9. The Labute approximate surface area is 155 Å². The number of thioether (sulfide) groups is 1. The lowest BCUT2D eigenvalue weighted by Crippen LogP contribution is -2.46. The van der Waals surface area contributed by atoms with Crippen LogP contribution in [0.2, 0.25) is 0 Å². The van der Waals surface area contributed by atoms with Gasteiger partial charge >= 0.3 is 0 Å². The lowest BCUT2D eigenvalue weighted by molar-refractivity contribution is 0.324. The van der Waals surface area contributed by atoms with Crippen LogP contribution in [0.4, 0.5) is 5.82 Å². The molecule has 6 heteroatoms. The highest BCUT2D eigenvalue weighted by Gasteiger charge is 2.19. The van der Waals surface area contributed by atoms with Crippen LogP contribution < -0.4 is 4.90 Å². The summed E-state index contributed by atoms with van der Waals surface area (Å²) in [6.45, 7) is 7.97. The predicted molar refractivity (Wildman–Crippen MR) is 104 cm³/mol. The van der Waals surface area contributed by atoms with Crippen molar-refractivity contribution < 1.29 is 5.11 Å². The molecule has 1 N–H and O–H groups in total. The normalized spacial score (nSPS) is 14.7. The first-order valence-electron chi connectivity index (χ1n) is 7.83. The molecule has 1 aliphatic rings. The van der Waals surface area contributed by atoms with Gasteiger partial charge in [0.2, 0.25) is 0 Å². The summed E-state index contributed by atoms with van der Waals surface area (Å²) < 4.78 is 1.13. The Morgan fingerprint density at radius 1 is 1.17 bits per heavy atom. The van der Waals surface area contributed by atoms with Gasteiger partial charge in [0.15, 0.2) is 0 Å². The molecule has 0 atom stereocenters. The average molecular weight is 406 g/mol. The smallest absolute Gasteiger partial charge is 0.134 e. The minimum Gasteiger partial charge on any atom is -0.506 e. The number of nitrogens with zero attached hydrogens (tertiary/aromatic N) is 3. The fourth-order valence-electron chi connectivity index (χ4n) is 2.63. The minimum absolute atomic E-state index is 0.204. The van der Waals surface area contributed by atoms with Gasteiger partial charge in [-0.2, -0.15) is 0 Å². The molecule has 0 aliphatic carbocycles. The summed E-state index contributed by atoms with van der Waals surface area (Å²) >= 11 is 5.39. The topological polar surface area (TPSA) is 39.6 Å². The quantitative estimate of drug-likeness (QED) is 0.761. The van der Waals surface area contributed by atoms with E-state index in [-0.39, 0.29) is 5.75 Å². The summed E-state index contributed by atoms with van der Waals surface area (Å²) in [5, 5.41) is 9.34. The fraction of sp³-hybridized carbons (Fsp3) is 0.278. The van der Waals surface area contributed by atoms with Crippen LogP contribution in [0.25, 0.3) is 0 Å². The zero-order chi connectivity index (χ0) is 16.9. The van der Waals surface area contributed by atoms with Crippen molar-refractivity contribution >= 4 is 33.5 Å². The molecule has 0 radical (unpaired) electrons. The maximum Gasteiger partial charge on any atom is 0.134 e. The SMILES string of the molecule is C=C(CSc1ccccc1Br)N1CCN(c2ccc(O)cn2)CC1. The Bertz CT molecular complexity index is 700. The number of aromatic nitrogens is 1. The Morgan fingerprint density at radius 3 is 2.58 bits per heavy atom. The van der Waals surface area contributed by atoms with E-state index in [9.17, 15) is 5.11 Å². The second kappa shape index (κ2) is 7.94. The van der Waals surface area contributed by atoms with Crippen molar-refractivity contribution in [2.75, 3.05) is 36.8 Å². The van der Waals surface area contributed by atoms with Gasteiger partial charge in [0.1, 0.15) is 11.6 Å². The second-order valence-corrected chi connectivity index (χ2v) is 7.51. The molecule has 1 aromatic heterocycles. The molecule has 3 rings (SSSR count). The third-order valence-corrected chi connectivity index (χ3v) is 6.11. The van der Waals surface area contributed by atoms with Gasteiger partial charge in [0.05, 0.1) is 6.20 Å². The van der Waals surface area contributed by atoms with Gasteiger partial charge in [0.25, 0.3) is 0 Å². The molecule has 24 heavy (non-hydrogen) atoms. The lowest BCUT2D eigenvalue weighted by atomic mass is 10.3. The van der Waals surface area contributed by atoms with Crippen LogP contribution in [0.1, 0.15) is 0 Å². The van der Waals surface area contributed by atoms with Crippen LogP contribution in [0, 0.1) is 0 Å². The third-order valence-electron chi connectivity index (χ3n) is 4.01. The number of rotatable bonds is 5.